The van der Waals surface area contributed by atoms with Gasteiger partial charge >= 0.3 is 148 Å². The van der Waals surface area contributed by atoms with Crippen LogP contribution >= 0.6 is 24.4 Å². The number of aromatic carboxylic acids is 1. The summed E-state index contributed by atoms with van der Waals surface area (Å²) >= 11 is 0.191. The maximum Gasteiger partial charge on any atom is 1.00 e. The number of carbonyl (C=O) groups is 1. The number of azo groups is 2. The number of fused-ring (bicyclic) bond motifs is 1. The number of phenols is 1. The zero-order chi connectivity index (χ0) is 43.8. The van der Waals surface area contributed by atoms with E-state index in [1.165, 1.54) is 18.2 Å². The molecule has 4 aromatic carbocycles. The van der Waals surface area contributed by atoms with Crippen molar-refractivity contribution in [1.29, 1.82) is 0 Å². The van der Waals surface area contributed by atoms with Crippen LogP contribution in [0.4, 0.5) is 28.4 Å². The SMILES string of the molecule is Nc1c(N=Nc2cc(S(=O)(=O)CCOS(=O)(=O)[O-])ccc2C(=O)[O-])c(S(=O)(=O)[O-])cc2cc(SOO[O-])c(N=Nc3cccc(S(=O)(=O)CCOSOO[O-])c3)c(O)c12.[Na+].[Na+].[Na+].[Na+].[Na+]. The molecule has 37 heteroatoms. The van der Waals surface area contributed by atoms with Crippen LogP contribution in [-0.4, -0.2) is 78.6 Å². The van der Waals surface area contributed by atoms with Gasteiger partial charge in [0.1, 0.15) is 21.5 Å². The summed E-state index contributed by atoms with van der Waals surface area (Å²) in [7, 11) is -19.4. The van der Waals surface area contributed by atoms with Crippen LogP contribution in [0.5, 0.6) is 5.75 Å². The first-order valence-electron chi connectivity index (χ1n) is 14.9. The fraction of sp³-hybridized carbons (Fsp3) is 0.148. The van der Waals surface area contributed by atoms with E-state index in [1.54, 1.807) is 0 Å². The van der Waals surface area contributed by atoms with E-state index in [1.807, 2.05) is 0 Å². The summed E-state index contributed by atoms with van der Waals surface area (Å²) in [5.74, 6) is -4.62. The van der Waals surface area contributed by atoms with Crippen LogP contribution in [0.1, 0.15) is 10.4 Å². The zero-order valence-electron chi connectivity index (χ0n) is 33.5. The number of aromatic hydroxyl groups is 1. The van der Waals surface area contributed by atoms with Gasteiger partial charge in [-0.05, 0) is 53.9 Å². The number of carbonyl (C=O) groups excluding carboxylic acids is 1. The molecular formula is C27H20N5Na5O21S6. The number of hydrogen-bond donors (Lipinski definition) is 2. The Kier molecular flexibility index (Phi) is 30.8. The van der Waals surface area contributed by atoms with E-state index in [-0.39, 0.29) is 193 Å². The van der Waals surface area contributed by atoms with Gasteiger partial charge in [0.2, 0.25) is 10.4 Å². The normalized spacial score (nSPS) is 11.9. The molecule has 0 spiro atoms. The van der Waals surface area contributed by atoms with Gasteiger partial charge in [-0.3, -0.25) is 18.4 Å². The van der Waals surface area contributed by atoms with Gasteiger partial charge in [-0.15, -0.1) is 19.7 Å². The first kappa shape index (κ1) is 66.6. The molecule has 26 nitrogen and oxygen atoms in total. The minimum absolute atomic E-state index is 0. The van der Waals surface area contributed by atoms with E-state index in [4.69, 9.17) is 9.92 Å². The minimum Gasteiger partial charge on any atom is -0.744 e. The molecule has 0 aliphatic carbocycles. The average Bonchev–Trinajstić information content (AvgIpc) is 3.15. The molecular weight excluding hydrogens is 1040 g/mol. The van der Waals surface area contributed by atoms with Crippen LogP contribution in [0, 0.1) is 0 Å². The molecule has 0 amide bonds. The molecule has 0 aliphatic rings. The molecule has 3 N–H and O–H groups in total. The zero-order valence-corrected chi connectivity index (χ0v) is 48.4. The van der Waals surface area contributed by atoms with Gasteiger partial charge in [-0.1, -0.05) is 6.07 Å². The van der Waals surface area contributed by atoms with Crippen molar-refractivity contribution >= 4 is 110 Å². The summed E-state index contributed by atoms with van der Waals surface area (Å²) in [5.41, 5.74) is 1.94. The Morgan fingerprint density at radius 2 is 1.33 bits per heavy atom. The van der Waals surface area contributed by atoms with Gasteiger partial charge in [0.15, 0.2) is 37.7 Å². The summed E-state index contributed by atoms with van der Waals surface area (Å²) in [5, 5.41) is 64.2. The van der Waals surface area contributed by atoms with Gasteiger partial charge in [-0.2, -0.15) is 9.45 Å². The molecule has 0 bridgehead atoms. The van der Waals surface area contributed by atoms with Crippen molar-refractivity contribution in [2.75, 3.05) is 30.5 Å². The molecule has 320 valence electrons. The second-order valence-electron chi connectivity index (χ2n) is 10.7. The largest absolute Gasteiger partial charge is 1.00 e. The maximum absolute atomic E-state index is 12.8. The monoisotopic (exact) mass is 1060 g/mol. The summed E-state index contributed by atoms with van der Waals surface area (Å²) < 4.78 is 137. The molecule has 64 heavy (non-hydrogen) atoms. The molecule has 0 radical (unpaired) electrons. The van der Waals surface area contributed by atoms with Crippen LogP contribution < -0.4 is 169 Å². The first-order valence-corrected chi connectivity index (χ1v) is 22.4. The molecule has 0 unspecified atom stereocenters. The summed E-state index contributed by atoms with van der Waals surface area (Å²) in [6.45, 7) is -1.58. The summed E-state index contributed by atoms with van der Waals surface area (Å²) in [4.78, 5) is 9.27. The number of nitrogen functional groups attached to an aromatic ring is 1. The second kappa shape index (κ2) is 29.6. The number of rotatable bonds is 21. The fourth-order valence-electron chi connectivity index (χ4n) is 4.62. The number of anilines is 1. The standard InChI is InChI=1S/C27H25N5O21S6.5Na/c28-23-22-14(10-20(54-52-50-36)24(26(22)33)31-29-15-2-1-3-16(12-15)56(38,39)8-6-48-55-53-51-37)11-21(58(42,43)44)25(23)32-30-19-13-17(4-5-18(19)27(34)35)57(40,41)9-7-49-59(45,46)47;;;;;/h1-5,10-13,33,36-37H,6-9,28H2,(H,34,35)(H,42,43,44)(H,45,46,47);;;;;/q;5*+1/p-5. The third kappa shape index (κ3) is 19.0. The van der Waals surface area contributed by atoms with Gasteiger partial charge in [0, 0.05) is 5.56 Å². The van der Waals surface area contributed by atoms with Crippen molar-refractivity contribution in [1.82, 2.24) is 0 Å². The van der Waals surface area contributed by atoms with Gasteiger partial charge in [0.05, 0.1) is 84.8 Å². The molecule has 4 rings (SSSR count). The third-order valence-electron chi connectivity index (χ3n) is 7.10. The molecule has 0 aliphatic heterocycles. The average molecular weight is 1060 g/mol. The van der Waals surface area contributed by atoms with Crippen molar-refractivity contribution < 1.29 is 243 Å². The number of nitrogens with two attached hydrogens (primary N) is 1. The predicted octanol–water partition coefficient (Wildman–Crippen LogP) is -14.7. The van der Waals surface area contributed by atoms with Crippen molar-refractivity contribution in [2.24, 2.45) is 20.5 Å². The van der Waals surface area contributed by atoms with E-state index in [9.17, 15) is 68.3 Å². The van der Waals surface area contributed by atoms with Crippen molar-refractivity contribution in [3.63, 3.8) is 0 Å². The van der Waals surface area contributed by atoms with Gasteiger partial charge in [-0.25, -0.2) is 33.7 Å². The maximum atomic E-state index is 12.8. The molecule has 0 atom stereocenters. The summed E-state index contributed by atoms with van der Waals surface area (Å²) in [6.07, 6.45) is 0. The van der Waals surface area contributed by atoms with Crippen LogP contribution in [0.2, 0.25) is 0 Å². The number of carboxylic acids is 1. The second-order valence-corrected chi connectivity index (χ2v) is 18.6. The smallest absolute Gasteiger partial charge is 0.744 e. The van der Waals surface area contributed by atoms with Crippen LogP contribution in [0.15, 0.2) is 94.6 Å². The molecule has 0 saturated heterocycles. The van der Waals surface area contributed by atoms with Crippen LogP contribution in [-0.2, 0) is 67.3 Å². The molecule has 0 fully saturated rings. The van der Waals surface area contributed by atoms with Crippen LogP contribution in [0.25, 0.3) is 10.8 Å². The van der Waals surface area contributed by atoms with E-state index in [0.29, 0.717) is 18.2 Å². The predicted molar refractivity (Wildman–Crippen MR) is 187 cm³/mol. The Balaban J connectivity index is 0. The summed E-state index contributed by atoms with van der Waals surface area (Å²) in [6, 6.07) is 8.41. The van der Waals surface area contributed by atoms with E-state index in [0.717, 1.165) is 18.2 Å². The number of hydrogen-bond acceptors (Lipinski definition) is 28. The molecule has 0 saturated carbocycles. The van der Waals surface area contributed by atoms with Gasteiger partial charge in [0.25, 0.3) is 0 Å². The minimum atomic E-state index is -5.57. The molecule has 0 aromatic heterocycles. The fourth-order valence-corrected chi connectivity index (χ4v) is 8.71. The molecule has 0 heterocycles. The van der Waals surface area contributed by atoms with Crippen molar-refractivity contribution in [3.8, 4) is 5.75 Å². The topological polar surface area (TPSA) is 420 Å². The first-order chi connectivity index (χ1) is 27.6. The Hall–Kier alpha value is 0.510. The Labute approximate surface area is 482 Å². The number of nitrogens with zero attached hydrogens (tertiary/aromatic N) is 4. The number of sulfone groups is 2. The third-order valence-corrected chi connectivity index (χ3v) is 12.7. The van der Waals surface area contributed by atoms with E-state index >= 15 is 0 Å². The Morgan fingerprint density at radius 1 is 0.734 bits per heavy atom. The Morgan fingerprint density at radius 3 is 1.91 bits per heavy atom. The van der Waals surface area contributed by atoms with Crippen LogP contribution in [0.3, 0.4) is 0 Å². The number of carboxylic acid groups (broad SMARTS) is 1. The van der Waals surface area contributed by atoms with Crippen molar-refractivity contribution in [2.45, 2.75) is 19.6 Å². The quantitative estimate of drug-likeness (QED) is 0.00900. The molecule has 4 aromatic rings. The van der Waals surface area contributed by atoms with E-state index < -0.39 is 120 Å². The van der Waals surface area contributed by atoms with Crippen molar-refractivity contribution in [3.05, 3.63) is 60.2 Å². The Bertz CT molecular complexity index is 2780. The van der Waals surface area contributed by atoms with E-state index in [2.05, 4.69) is 43.4 Å². The number of phenolic OH excluding ortho intramolecular Hbond substituents is 1. The van der Waals surface area contributed by atoms with Gasteiger partial charge < -0.3 is 40.4 Å². The number of benzene rings is 4.